The second kappa shape index (κ2) is 7.16. The summed E-state index contributed by atoms with van der Waals surface area (Å²) in [4.78, 5) is 15.0. The number of halogens is 1. The summed E-state index contributed by atoms with van der Waals surface area (Å²) >= 11 is 1.14. The maximum atomic E-state index is 14.3. The van der Waals surface area contributed by atoms with Crippen LogP contribution in [0.25, 0.3) is 22.2 Å². The number of H-pyrrole nitrogens is 1. The molecule has 1 N–H and O–H groups in total. The van der Waals surface area contributed by atoms with E-state index in [-0.39, 0.29) is 23.0 Å². The van der Waals surface area contributed by atoms with E-state index in [0.29, 0.717) is 4.90 Å². The zero-order chi connectivity index (χ0) is 18.9. The highest BCUT2D eigenvalue weighted by Crippen LogP contribution is 2.32. The first kappa shape index (κ1) is 18.5. The van der Waals surface area contributed by atoms with Crippen molar-refractivity contribution in [3.63, 3.8) is 0 Å². The molecule has 0 aliphatic heterocycles. The summed E-state index contributed by atoms with van der Waals surface area (Å²) in [7, 11) is 1.33. The van der Waals surface area contributed by atoms with Crippen molar-refractivity contribution in [1.29, 1.82) is 0 Å². The smallest absolute Gasteiger partial charge is 0.315 e. The molecule has 0 saturated carbocycles. The van der Waals surface area contributed by atoms with Gasteiger partial charge in [0.25, 0.3) is 0 Å². The van der Waals surface area contributed by atoms with Gasteiger partial charge in [-0.15, -0.1) is 11.8 Å². The topological polar surface area (TPSA) is 42.1 Å². The quantitative estimate of drug-likeness (QED) is 0.484. The number of nitrogens with one attached hydrogen (secondary N) is 1. The highest BCUT2D eigenvalue weighted by Gasteiger charge is 2.15. The Bertz CT molecular complexity index is 956. The number of fused-ring (bicyclic) bond motifs is 1. The molecule has 0 aliphatic rings. The summed E-state index contributed by atoms with van der Waals surface area (Å²) in [5.74, 6) is -0.629. The van der Waals surface area contributed by atoms with E-state index in [9.17, 15) is 9.18 Å². The number of carbonyl (C=O) groups is 1. The van der Waals surface area contributed by atoms with E-state index >= 15 is 0 Å². The molecule has 0 aliphatic carbocycles. The van der Waals surface area contributed by atoms with Gasteiger partial charge in [0.1, 0.15) is 5.82 Å². The fraction of sp³-hybridized carbons (Fsp3) is 0.286. The molecule has 0 radical (unpaired) electrons. The van der Waals surface area contributed by atoms with E-state index in [4.69, 9.17) is 0 Å². The van der Waals surface area contributed by atoms with E-state index < -0.39 is 0 Å². The molecule has 2 aromatic carbocycles. The maximum absolute atomic E-state index is 14.3. The normalized spacial score (nSPS) is 11.7. The predicted molar refractivity (Wildman–Crippen MR) is 105 cm³/mol. The number of hydrogen-bond acceptors (Lipinski definition) is 3. The van der Waals surface area contributed by atoms with Gasteiger partial charge < -0.3 is 9.72 Å². The molecule has 1 aromatic heterocycles. The van der Waals surface area contributed by atoms with Crippen molar-refractivity contribution in [2.75, 3.05) is 12.9 Å². The minimum atomic E-state index is -0.372. The number of thioether (sulfide) groups is 1. The molecule has 0 bridgehead atoms. The van der Waals surface area contributed by atoms with Crippen LogP contribution in [0.4, 0.5) is 4.39 Å². The fourth-order valence-corrected chi connectivity index (χ4v) is 3.55. The molecule has 5 heteroatoms. The summed E-state index contributed by atoms with van der Waals surface area (Å²) in [6.45, 7) is 6.53. The van der Waals surface area contributed by atoms with Gasteiger partial charge in [-0.1, -0.05) is 39.0 Å². The second-order valence-corrected chi connectivity index (χ2v) is 8.27. The third-order valence-corrected chi connectivity index (χ3v) is 5.29. The van der Waals surface area contributed by atoms with Crippen molar-refractivity contribution in [1.82, 2.24) is 4.98 Å². The molecule has 0 saturated heterocycles. The molecule has 26 heavy (non-hydrogen) atoms. The van der Waals surface area contributed by atoms with E-state index in [1.807, 2.05) is 18.2 Å². The average molecular weight is 371 g/mol. The van der Waals surface area contributed by atoms with Crippen LogP contribution in [0.3, 0.4) is 0 Å². The van der Waals surface area contributed by atoms with E-state index in [1.54, 1.807) is 6.07 Å². The maximum Gasteiger partial charge on any atom is 0.315 e. The third kappa shape index (κ3) is 3.93. The molecular weight excluding hydrogens is 349 g/mol. The highest BCUT2D eigenvalue weighted by molar-refractivity contribution is 8.00. The van der Waals surface area contributed by atoms with Gasteiger partial charge in [-0.2, -0.15) is 0 Å². The van der Waals surface area contributed by atoms with Gasteiger partial charge in [-0.3, -0.25) is 4.79 Å². The molecular formula is C21H22FNO2S. The van der Waals surface area contributed by atoms with E-state index in [0.717, 1.165) is 33.9 Å². The van der Waals surface area contributed by atoms with Gasteiger partial charge in [0.05, 0.1) is 12.9 Å². The number of methoxy groups -OCH3 is 1. The zero-order valence-corrected chi connectivity index (χ0v) is 16.2. The third-order valence-electron chi connectivity index (χ3n) is 4.29. The van der Waals surface area contributed by atoms with Crippen LogP contribution in [-0.4, -0.2) is 23.8 Å². The Morgan fingerprint density at radius 1 is 1.19 bits per heavy atom. The molecule has 136 valence electrons. The number of carbonyl (C=O) groups excluding carboxylic acids is 1. The first-order valence-electron chi connectivity index (χ1n) is 8.41. The molecule has 0 unspecified atom stereocenters. The molecule has 3 aromatic rings. The van der Waals surface area contributed by atoms with Crippen LogP contribution in [0.5, 0.6) is 0 Å². The van der Waals surface area contributed by atoms with Gasteiger partial charge in [0, 0.05) is 21.5 Å². The van der Waals surface area contributed by atoms with Crippen molar-refractivity contribution in [3.05, 3.63) is 53.8 Å². The van der Waals surface area contributed by atoms with Crippen LogP contribution >= 0.6 is 11.8 Å². The van der Waals surface area contributed by atoms with Gasteiger partial charge in [0.2, 0.25) is 0 Å². The van der Waals surface area contributed by atoms with Crippen LogP contribution in [0.2, 0.25) is 0 Å². The Balaban J connectivity index is 1.96. The van der Waals surface area contributed by atoms with Crippen LogP contribution in [-0.2, 0) is 14.9 Å². The lowest BCUT2D eigenvalue weighted by Crippen LogP contribution is -2.10. The Labute approximate surface area is 156 Å². The summed E-state index contributed by atoms with van der Waals surface area (Å²) < 4.78 is 18.9. The second-order valence-electron chi connectivity index (χ2n) is 7.25. The van der Waals surface area contributed by atoms with Crippen molar-refractivity contribution in [2.24, 2.45) is 0 Å². The Kier molecular flexibility index (Phi) is 5.10. The van der Waals surface area contributed by atoms with Gasteiger partial charge in [0.15, 0.2) is 0 Å². The van der Waals surface area contributed by atoms with Gasteiger partial charge in [-0.25, -0.2) is 4.39 Å². The summed E-state index contributed by atoms with van der Waals surface area (Å²) in [5.41, 5.74) is 4.06. The monoisotopic (exact) mass is 371 g/mol. The van der Waals surface area contributed by atoms with Gasteiger partial charge in [-0.05, 0) is 40.8 Å². The number of rotatable bonds is 4. The molecule has 0 amide bonds. The lowest BCUT2D eigenvalue weighted by molar-refractivity contribution is -0.137. The van der Waals surface area contributed by atoms with E-state index in [1.165, 1.54) is 18.7 Å². The lowest BCUT2D eigenvalue weighted by atomic mass is 9.86. The zero-order valence-electron chi connectivity index (χ0n) is 15.4. The largest absolute Gasteiger partial charge is 0.468 e. The lowest BCUT2D eigenvalue weighted by Gasteiger charge is -2.19. The Morgan fingerprint density at radius 3 is 2.65 bits per heavy atom. The standard InChI is InChI=1S/C21H22FNO2S/c1-21(2,3)15-7-5-6-13(8-15)17-9-14-10-19(26-12-20(24)25-4)16(22)11-18(14)23-17/h5-11,23H,12H2,1-4H3. The molecule has 1 heterocycles. The first-order valence-corrected chi connectivity index (χ1v) is 9.39. The molecule has 0 fully saturated rings. The Morgan fingerprint density at radius 2 is 1.96 bits per heavy atom. The average Bonchev–Trinajstić information content (AvgIpc) is 3.01. The van der Waals surface area contributed by atoms with Crippen LogP contribution in [0.1, 0.15) is 26.3 Å². The van der Waals surface area contributed by atoms with Crippen LogP contribution in [0, 0.1) is 5.82 Å². The molecule has 0 spiro atoms. The minimum absolute atomic E-state index is 0.0613. The number of aromatic nitrogens is 1. The van der Waals surface area contributed by atoms with Crippen LogP contribution in [0.15, 0.2) is 47.4 Å². The van der Waals surface area contributed by atoms with Crippen molar-refractivity contribution in [2.45, 2.75) is 31.1 Å². The molecule has 3 rings (SSSR count). The van der Waals surface area contributed by atoms with Crippen molar-refractivity contribution >= 4 is 28.6 Å². The molecule has 0 atom stereocenters. The van der Waals surface area contributed by atoms with Gasteiger partial charge >= 0.3 is 5.97 Å². The van der Waals surface area contributed by atoms with Crippen LogP contribution < -0.4 is 0 Å². The van der Waals surface area contributed by atoms with E-state index in [2.05, 4.69) is 42.6 Å². The number of aromatic amines is 1. The SMILES string of the molecule is COC(=O)CSc1cc2cc(-c3cccc(C(C)(C)C)c3)[nH]c2cc1F. The summed E-state index contributed by atoms with van der Waals surface area (Å²) in [5, 5.41) is 0.912. The first-order chi connectivity index (χ1) is 12.3. The number of ether oxygens (including phenoxy) is 1. The molecule has 3 nitrogen and oxygen atoms in total. The number of hydrogen-bond donors (Lipinski definition) is 1. The fourth-order valence-electron chi connectivity index (χ4n) is 2.75. The predicted octanol–water partition coefficient (Wildman–Crippen LogP) is 5.54. The highest BCUT2D eigenvalue weighted by atomic mass is 32.2. The summed E-state index contributed by atoms with van der Waals surface area (Å²) in [6, 6.07) is 13.6. The van der Waals surface area contributed by atoms with Crippen molar-refractivity contribution < 1.29 is 13.9 Å². The number of esters is 1. The van der Waals surface area contributed by atoms with Crippen molar-refractivity contribution in [3.8, 4) is 11.3 Å². The Hall–Kier alpha value is -2.27. The number of benzene rings is 2. The minimum Gasteiger partial charge on any atom is -0.468 e. The summed E-state index contributed by atoms with van der Waals surface area (Å²) in [6.07, 6.45) is 0.